The van der Waals surface area contributed by atoms with Crippen LogP contribution in [-0.2, 0) is 4.79 Å². The van der Waals surface area contributed by atoms with Gasteiger partial charge in [0.25, 0.3) is 5.91 Å². The molecule has 3 aromatic rings. The molecule has 0 aliphatic carbocycles. The minimum Gasteiger partial charge on any atom is -0.506 e. The molecule has 0 unspecified atom stereocenters. The van der Waals surface area contributed by atoms with Gasteiger partial charge in [0.05, 0.1) is 5.39 Å². The molecular weight excluding hydrogens is 328 g/mol. The molecule has 0 radical (unpaired) electrons. The molecule has 8 nitrogen and oxygen atoms in total. The Morgan fingerprint density at radius 2 is 1.84 bits per heavy atom. The van der Waals surface area contributed by atoms with Gasteiger partial charge in [-0.2, -0.15) is 0 Å². The zero-order valence-corrected chi connectivity index (χ0v) is 12.7. The largest absolute Gasteiger partial charge is 0.506 e. The monoisotopic (exact) mass is 340 g/mol. The highest BCUT2D eigenvalue weighted by Gasteiger charge is 2.21. The van der Waals surface area contributed by atoms with Crippen molar-refractivity contribution in [1.29, 1.82) is 0 Å². The molecule has 1 amide bonds. The first-order valence-electron chi connectivity index (χ1n) is 7.17. The van der Waals surface area contributed by atoms with Gasteiger partial charge in [-0.15, -0.1) is 0 Å². The smallest absolute Gasteiger partial charge is 0.353 e. The van der Waals surface area contributed by atoms with Crippen molar-refractivity contribution in [3.63, 3.8) is 0 Å². The van der Waals surface area contributed by atoms with E-state index in [1.54, 1.807) is 36.7 Å². The summed E-state index contributed by atoms with van der Waals surface area (Å²) in [6.45, 7) is -0.684. The first-order valence-corrected chi connectivity index (χ1v) is 7.17. The van der Waals surface area contributed by atoms with E-state index in [1.165, 1.54) is 6.07 Å². The van der Waals surface area contributed by atoms with Crippen LogP contribution in [0.1, 0.15) is 10.4 Å². The topological polar surface area (TPSA) is 130 Å². The summed E-state index contributed by atoms with van der Waals surface area (Å²) in [4.78, 5) is 38.4. The first kappa shape index (κ1) is 16.2. The van der Waals surface area contributed by atoms with Gasteiger partial charge < -0.3 is 19.9 Å². The third-order valence-electron chi connectivity index (χ3n) is 3.52. The maximum Gasteiger partial charge on any atom is 0.353 e. The summed E-state index contributed by atoms with van der Waals surface area (Å²) in [5.41, 5.74) is -0.0142. The maximum absolute atomic E-state index is 12.0. The van der Waals surface area contributed by atoms with Crippen molar-refractivity contribution < 1.29 is 24.2 Å². The lowest BCUT2D eigenvalue weighted by molar-refractivity contribution is -0.135. The van der Waals surface area contributed by atoms with Gasteiger partial charge in [0.2, 0.25) is 0 Å². The Hall–Kier alpha value is -3.68. The van der Waals surface area contributed by atoms with Crippen LogP contribution in [0.4, 0.5) is 0 Å². The van der Waals surface area contributed by atoms with E-state index in [1.807, 2.05) is 5.32 Å². The number of carboxylic acid groups (broad SMARTS) is 1. The third kappa shape index (κ3) is 3.18. The number of hydrogen-bond acceptors (Lipinski definition) is 6. The standard InChI is InChI=1S/C17H12N2O6/c20-13(21)8-19-16(23)14-15(22)11-2-1-10(7-12(11)25-17(14)24)9-3-5-18-6-4-9/h1-7,22H,8H2,(H,19,23)(H,20,21). The highest BCUT2D eigenvalue weighted by atomic mass is 16.4. The molecule has 0 saturated heterocycles. The number of nitrogens with zero attached hydrogens (tertiary/aromatic N) is 1. The van der Waals surface area contributed by atoms with Crippen molar-refractivity contribution >= 4 is 22.8 Å². The van der Waals surface area contributed by atoms with Crippen LogP contribution < -0.4 is 10.9 Å². The molecule has 3 rings (SSSR count). The van der Waals surface area contributed by atoms with Gasteiger partial charge in [-0.1, -0.05) is 6.07 Å². The van der Waals surface area contributed by atoms with Crippen LogP contribution in [0.5, 0.6) is 5.75 Å². The van der Waals surface area contributed by atoms with E-state index >= 15 is 0 Å². The molecule has 0 aliphatic rings. The number of carboxylic acids is 1. The number of aromatic nitrogens is 1. The Bertz CT molecular complexity index is 1030. The van der Waals surface area contributed by atoms with Crippen molar-refractivity contribution in [3.05, 3.63) is 58.7 Å². The van der Waals surface area contributed by atoms with Gasteiger partial charge in [0.15, 0.2) is 5.56 Å². The quantitative estimate of drug-likeness (QED) is 0.612. The van der Waals surface area contributed by atoms with Crippen molar-refractivity contribution in [3.8, 4) is 16.9 Å². The second-order valence-electron chi connectivity index (χ2n) is 5.14. The fourth-order valence-corrected chi connectivity index (χ4v) is 2.35. The average molecular weight is 340 g/mol. The van der Waals surface area contributed by atoms with Gasteiger partial charge in [-0.25, -0.2) is 4.79 Å². The summed E-state index contributed by atoms with van der Waals surface area (Å²) in [5.74, 6) is -2.86. The second kappa shape index (κ2) is 6.44. The number of pyridine rings is 1. The van der Waals surface area contributed by atoms with E-state index in [9.17, 15) is 19.5 Å². The SMILES string of the molecule is O=C(O)CNC(=O)c1c(O)c2ccc(-c3ccncc3)cc2oc1=O. The van der Waals surface area contributed by atoms with Crippen LogP contribution >= 0.6 is 0 Å². The van der Waals surface area contributed by atoms with Gasteiger partial charge in [0.1, 0.15) is 17.9 Å². The van der Waals surface area contributed by atoms with E-state index in [0.29, 0.717) is 0 Å². The number of aromatic hydroxyl groups is 1. The van der Waals surface area contributed by atoms with E-state index in [0.717, 1.165) is 11.1 Å². The summed E-state index contributed by atoms with van der Waals surface area (Å²) in [7, 11) is 0. The highest BCUT2D eigenvalue weighted by Crippen LogP contribution is 2.30. The Kier molecular flexibility index (Phi) is 4.17. The number of fused-ring (bicyclic) bond motifs is 1. The van der Waals surface area contributed by atoms with Crippen LogP contribution in [0.25, 0.3) is 22.1 Å². The van der Waals surface area contributed by atoms with Crippen LogP contribution in [0.3, 0.4) is 0 Å². The van der Waals surface area contributed by atoms with Gasteiger partial charge in [0, 0.05) is 12.4 Å². The number of aliphatic carboxylic acids is 1. The number of carbonyl (C=O) groups excluding carboxylic acids is 1. The molecule has 0 fully saturated rings. The summed E-state index contributed by atoms with van der Waals surface area (Å²) in [5, 5.41) is 21.0. The van der Waals surface area contributed by atoms with Crippen LogP contribution in [-0.4, -0.2) is 33.6 Å². The van der Waals surface area contributed by atoms with Gasteiger partial charge in [-0.3, -0.25) is 14.6 Å². The van der Waals surface area contributed by atoms with Crippen molar-refractivity contribution in [2.45, 2.75) is 0 Å². The van der Waals surface area contributed by atoms with Crippen LogP contribution in [0, 0.1) is 0 Å². The summed E-state index contributed by atoms with van der Waals surface area (Å²) in [6, 6.07) is 8.30. The van der Waals surface area contributed by atoms with Gasteiger partial charge >= 0.3 is 11.6 Å². The Morgan fingerprint density at radius 3 is 2.52 bits per heavy atom. The predicted molar refractivity (Wildman–Crippen MR) is 87.3 cm³/mol. The van der Waals surface area contributed by atoms with Crippen LogP contribution in [0.15, 0.2) is 51.9 Å². The second-order valence-corrected chi connectivity index (χ2v) is 5.14. The lowest BCUT2D eigenvalue weighted by Crippen LogP contribution is -2.32. The van der Waals surface area contributed by atoms with E-state index < -0.39 is 35.4 Å². The lowest BCUT2D eigenvalue weighted by Gasteiger charge is -2.08. The van der Waals surface area contributed by atoms with E-state index in [-0.39, 0.29) is 11.0 Å². The normalized spacial score (nSPS) is 10.6. The summed E-state index contributed by atoms with van der Waals surface area (Å²) in [6.07, 6.45) is 3.23. The van der Waals surface area contributed by atoms with Crippen molar-refractivity contribution in [2.75, 3.05) is 6.54 Å². The Labute approximate surface area is 140 Å². The minimum atomic E-state index is -1.28. The molecule has 126 valence electrons. The molecule has 0 bridgehead atoms. The number of amides is 1. The predicted octanol–water partition coefficient (Wildman–Crippen LogP) is 1.37. The molecule has 0 spiro atoms. The average Bonchev–Trinajstić information content (AvgIpc) is 2.60. The molecule has 0 aliphatic heterocycles. The number of hydrogen-bond donors (Lipinski definition) is 3. The van der Waals surface area contributed by atoms with Crippen molar-refractivity contribution in [2.24, 2.45) is 0 Å². The first-order chi connectivity index (χ1) is 12.0. The number of rotatable bonds is 4. The fourth-order valence-electron chi connectivity index (χ4n) is 2.35. The third-order valence-corrected chi connectivity index (χ3v) is 3.52. The van der Waals surface area contributed by atoms with Crippen LogP contribution in [0.2, 0.25) is 0 Å². The Balaban J connectivity index is 2.07. The highest BCUT2D eigenvalue weighted by molar-refractivity contribution is 6.02. The number of benzene rings is 1. The zero-order valence-electron chi connectivity index (χ0n) is 12.7. The number of carbonyl (C=O) groups is 2. The molecule has 3 N–H and O–H groups in total. The molecule has 2 aromatic heterocycles. The molecule has 1 aromatic carbocycles. The van der Waals surface area contributed by atoms with Crippen molar-refractivity contribution in [1.82, 2.24) is 10.3 Å². The summed E-state index contributed by atoms with van der Waals surface area (Å²) < 4.78 is 5.12. The molecule has 2 heterocycles. The lowest BCUT2D eigenvalue weighted by atomic mass is 10.0. The van der Waals surface area contributed by atoms with E-state index in [2.05, 4.69) is 4.98 Å². The minimum absolute atomic E-state index is 0.103. The molecule has 0 saturated carbocycles. The zero-order chi connectivity index (χ0) is 18.0. The van der Waals surface area contributed by atoms with Gasteiger partial charge in [-0.05, 0) is 35.4 Å². The molecule has 25 heavy (non-hydrogen) atoms. The fraction of sp³-hybridized carbons (Fsp3) is 0.0588. The molecular formula is C17H12N2O6. The molecule has 8 heteroatoms. The maximum atomic E-state index is 12.0. The number of nitrogens with one attached hydrogen (secondary N) is 1. The molecule has 0 atom stereocenters. The summed E-state index contributed by atoms with van der Waals surface area (Å²) >= 11 is 0. The van der Waals surface area contributed by atoms with E-state index in [4.69, 9.17) is 9.52 Å². The Morgan fingerprint density at radius 1 is 1.12 bits per heavy atom.